The molecule has 1 fully saturated rings. The van der Waals surface area contributed by atoms with Crippen molar-refractivity contribution in [3.63, 3.8) is 0 Å². The monoisotopic (exact) mass is 364 g/mol. The smallest absolute Gasteiger partial charge is 0.261 e. The van der Waals surface area contributed by atoms with E-state index in [2.05, 4.69) is 4.72 Å². The van der Waals surface area contributed by atoms with E-state index < -0.39 is 10.0 Å². The highest BCUT2D eigenvalue weighted by Crippen LogP contribution is 2.28. The maximum Gasteiger partial charge on any atom is 0.261 e. The second kappa shape index (κ2) is 6.45. The van der Waals surface area contributed by atoms with Gasteiger partial charge in [0.25, 0.3) is 10.0 Å². The molecule has 1 aliphatic rings. The number of carbonyl (C=O) groups is 1. The number of carbonyl (C=O) groups excluding carboxylic acids is 1. The van der Waals surface area contributed by atoms with Crippen molar-refractivity contribution in [1.82, 2.24) is 0 Å². The highest BCUT2D eigenvalue weighted by Gasteiger charge is 2.23. The molecule has 1 aliphatic heterocycles. The number of hydrogen-bond acceptors (Lipinski definition) is 3. The maximum absolute atomic E-state index is 12.4. The Morgan fingerprint density at radius 3 is 2.42 bits per heavy atom. The van der Waals surface area contributed by atoms with Crippen molar-refractivity contribution in [2.45, 2.75) is 24.7 Å². The topological polar surface area (TPSA) is 66.5 Å². The Balaban J connectivity index is 1.84. The lowest BCUT2D eigenvalue weighted by Crippen LogP contribution is -2.24. The molecule has 0 atom stereocenters. The van der Waals surface area contributed by atoms with Crippen LogP contribution in [0, 0.1) is 6.92 Å². The molecule has 3 rings (SSSR count). The predicted octanol–water partition coefficient (Wildman–Crippen LogP) is 3.58. The van der Waals surface area contributed by atoms with Crippen LogP contribution in [-0.4, -0.2) is 20.9 Å². The van der Waals surface area contributed by atoms with Gasteiger partial charge < -0.3 is 4.90 Å². The number of sulfonamides is 1. The van der Waals surface area contributed by atoms with Crippen molar-refractivity contribution in [3.8, 4) is 0 Å². The van der Waals surface area contributed by atoms with Crippen LogP contribution in [0.3, 0.4) is 0 Å². The van der Waals surface area contributed by atoms with E-state index in [-0.39, 0.29) is 10.8 Å². The average Bonchev–Trinajstić information content (AvgIpc) is 2.93. The zero-order valence-electron chi connectivity index (χ0n) is 13.1. The zero-order valence-corrected chi connectivity index (χ0v) is 14.7. The normalized spacial score (nSPS) is 14.9. The standard InChI is InChI=1S/C17H17ClN2O3S/c1-12-11-14(6-9-16(12)20-10-2-3-17(20)21)19-24(22,23)15-7-4-13(18)5-8-15/h4-9,11,19H,2-3,10H2,1H3. The van der Waals surface area contributed by atoms with Gasteiger partial charge in [0.05, 0.1) is 4.90 Å². The minimum atomic E-state index is -3.68. The molecule has 1 heterocycles. The molecule has 0 bridgehead atoms. The van der Waals surface area contributed by atoms with Gasteiger partial charge in [0, 0.05) is 29.4 Å². The molecule has 0 radical (unpaired) electrons. The molecule has 0 aliphatic carbocycles. The summed E-state index contributed by atoms with van der Waals surface area (Å²) in [6.07, 6.45) is 1.41. The molecule has 1 saturated heterocycles. The predicted molar refractivity (Wildman–Crippen MR) is 95.0 cm³/mol. The third-order valence-corrected chi connectivity index (χ3v) is 5.59. The van der Waals surface area contributed by atoms with Crippen LogP contribution in [0.4, 0.5) is 11.4 Å². The lowest BCUT2D eigenvalue weighted by molar-refractivity contribution is -0.117. The lowest BCUT2D eigenvalue weighted by Gasteiger charge is -2.19. The van der Waals surface area contributed by atoms with Crippen LogP contribution >= 0.6 is 11.6 Å². The van der Waals surface area contributed by atoms with Crippen LogP contribution in [0.25, 0.3) is 0 Å². The van der Waals surface area contributed by atoms with Crippen molar-refractivity contribution >= 4 is 38.9 Å². The summed E-state index contributed by atoms with van der Waals surface area (Å²) >= 11 is 5.79. The van der Waals surface area contributed by atoms with E-state index in [0.717, 1.165) is 17.7 Å². The summed E-state index contributed by atoms with van der Waals surface area (Å²) in [5.41, 5.74) is 2.13. The van der Waals surface area contributed by atoms with Crippen LogP contribution in [0.1, 0.15) is 18.4 Å². The highest BCUT2D eigenvalue weighted by molar-refractivity contribution is 7.92. The Morgan fingerprint density at radius 2 is 1.83 bits per heavy atom. The number of hydrogen-bond donors (Lipinski definition) is 1. The number of nitrogens with zero attached hydrogens (tertiary/aromatic N) is 1. The second-order valence-electron chi connectivity index (χ2n) is 5.71. The first-order chi connectivity index (χ1) is 11.4. The molecule has 2 aromatic carbocycles. The third-order valence-electron chi connectivity index (χ3n) is 3.94. The van der Waals surface area contributed by atoms with Crippen molar-refractivity contribution in [1.29, 1.82) is 0 Å². The summed E-state index contributed by atoms with van der Waals surface area (Å²) in [6, 6.07) is 11.1. The Morgan fingerprint density at radius 1 is 1.12 bits per heavy atom. The van der Waals surface area contributed by atoms with E-state index in [4.69, 9.17) is 11.6 Å². The molecule has 1 N–H and O–H groups in total. The van der Waals surface area contributed by atoms with Gasteiger partial charge >= 0.3 is 0 Å². The first-order valence-corrected chi connectivity index (χ1v) is 9.42. The van der Waals surface area contributed by atoms with Crippen LogP contribution < -0.4 is 9.62 Å². The van der Waals surface area contributed by atoms with E-state index in [0.29, 0.717) is 23.7 Å². The molecule has 5 nitrogen and oxygen atoms in total. The van der Waals surface area contributed by atoms with E-state index in [9.17, 15) is 13.2 Å². The maximum atomic E-state index is 12.4. The SMILES string of the molecule is Cc1cc(NS(=O)(=O)c2ccc(Cl)cc2)ccc1N1CCCC1=O. The lowest BCUT2D eigenvalue weighted by atomic mass is 10.1. The molecule has 7 heteroatoms. The number of amides is 1. The van der Waals surface area contributed by atoms with Gasteiger partial charge in [-0.15, -0.1) is 0 Å². The van der Waals surface area contributed by atoms with Crippen molar-refractivity contribution in [2.24, 2.45) is 0 Å². The first-order valence-electron chi connectivity index (χ1n) is 7.56. The van der Waals surface area contributed by atoms with Crippen LogP contribution in [0.2, 0.25) is 5.02 Å². The van der Waals surface area contributed by atoms with Crippen LogP contribution in [0.15, 0.2) is 47.4 Å². The summed E-state index contributed by atoms with van der Waals surface area (Å²) < 4.78 is 27.3. The van der Waals surface area contributed by atoms with Gasteiger partial charge in [0.15, 0.2) is 0 Å². The van der Waals surface area contributed by atoms with Gasteiger partial charge in [-0.05, 0) is 61.4 Å². The molecule has 0 spiro atoms. The van der Waals surface area contributed by atoms with Crippen LogP contribution in [-0.2, 0) is 14.8 Å². The summed E-state index contributed by atoms with van der Waals surface area (Å²) in [7, 11) is -3.68. The number of anilines is 2. The Labute approximate surface area is 146 Å². The number of nitrogens with one attached hydrogen (secondary N) is 1. The summed E-state index contributed by atoms with van der Waals surface area (Å²) in [5, 5.41) is 0.476. The quantitative estimate of drug-likeness (QED) is 0.901. The molecular weight excluding hydrogens is 348 g/mol. The average molecular weight is 365 g/mol. The van der Waals surface area contributed by atoms with Gasteiger partial charge in [-0.3, -0.25) is 9.52 Å². The van der Waals surface area contributed by atoms with Gasteiger partial charge in [0.1, 0.15) is 0 Å². The van der Waals surface area contributed by atoms with E-state index in [1.54, 1.807) is 23.1 Å². The summed E-state index contributed by atoms with van der Waals surface area (Å²) in [4.78, 5) is 13.7. The van der Waals surface area contributed by atoms with Crippen molar-refractivity contribution in [2.75, 3.05) is 16.2 Å². The zero-order chi connectivity index (χ0) is 17.3. The second-order valence-corrected chi connectivity index (χ2v) is 7.83. The van der Waals surface area contributed by atoms with Gasteiger partial charge in [-0.1, -0.05) is 11.6 Å². The highest BCUT2D eigenvalue weighted by atomic mass is 35.5. The van der Waals surface area contributed by atoms with Crippen molar-refractivity contribution in [3.05, 3.63) is 53.1 Å². The Hall–Kier alpha value is -2.05. The fraction of sp³-hybridized carbons (Fsp3) is 0.235. The fourth-order valence-corrected chi connectivity index (χ4v) is 3.93. The third kappa shape index (κ3) is 3.39. The minimum absolute atomic E-state index is 0.104. The van der Waals surface area contributed by atoms with E-state index in [1.807, 2.05) is 6.92 Å². The molecule has 1 amide bonds. The van der Waals surface area contributed by atoms with E-state index in [1.165, 1.54) is 24.3 Å². The van der Waals surface area contributed by atoms with Gasteiger partial charge in [0.2, 0.25) is 5.91 Å². The molecule has 0 aromatic heterocycles. The van der Waals surface area contributed by atoms with Gasteiger partial charge in [-0.2, -0.15) is 0 Å². The number of aryl methyl sites for hydroxylation is 1. The summed E-state index contributed by atoms with van der Waals surface area (Å²) in [5.74, 6) is 0.104. The fourth-order valence-electron chi connectivity index (χ4n) is 2.75. The molecule has 2 aromatic rings. The molecular formula is C17H17ClN2O3S. The first kappa shape index (κ1) is 16.8. The van der Waals surface area contributed by atoms with E-state index >= 15 is 0 Å². The Kier molecular flexibility index (Phi) is 4.51. The molecule has 0 saturated carbocycles. The van der Waals surface area contributed by atoms with Gasteiger partial charge in [-0.25, -0.2) is 8.42 Å². The summed E-state index contributed by atoms with van der Waals surface area (Å²) in [6.45, 7) is 2.57. The number of halogens is 1. The van der Waals surface area contributed by atoms with Crippen LogP contribution in [0.5, 0.6) is 0 Å². The minimum Gasteiger partial charge on any atom is -0.312 e. The van der Waals surface area contributed by atoms with Crippen molar-refractivity contribution < 1.29 is 13.2 Å². The number of rotatable bonds is 4. The molecule has 0 unspecified atom stereocenters. The molecule has 24 heavy (non-hydrogen) atoms. The molecule has 126 valence electrons. The number of benzene rings is 2. The Bertz CT molecular complexity index is 879. The largest absolute Gasteiger partial charge is 0.312 e.